The number of aromatic nitrogens is 3. The fourth-order valence-electron chi connectivity index (χ4n) is 7.49. The van der Waals surface area contributed by atoms with Crippen molar-refractivity contribution in [2.45, 2.75) is 83.4 Å². The Morgan fingerprint density at radius 3 is 2.46 bits per heavy atom. The Kier molecular flexibility index (Phi) is 12.3. The predicted octanol–water partition coefficient (Wildman–Crippen LogP) is 5.68. The molecule has 11 heteroatoms. The van der Waals surface area contributed by atoms with E-state index in [0.717, 1.165) is 56.5 Å². The molecule has 2 unspecified atom stereocenters. The molecule has 2 fully saturated rings. The maximum Gasteiger partial charge on any atom is 0.141 e. The molecule has 3 aliphatic rings. The largest absolute Gasteiger partial charge is 0.496 e. The van der Waals surface area contributed by atoms with Gasteiger partial charge in [0.25, 0.3) is 0 Å². The third-order valence-electron chi connectivity index (χ3n) is 10.3. The second-order valence-electron chi connectivity index (χ2n) is 14.1. The fourth-order valence-corrected chi connectivity index (χ4v) is 7.73. The Hall–Kier alpha value is -3.25. The topological polar surface area (TPSA) is 105 Å². The van der Waals surface area contributed by atoms with E-state index in [0.29, 0.717) is 55.9 Å². The Morgan fingerprint density at radius 2 is 1.74 bits per heavy atom. The van der Waals surface area contributed by atoms with Crippen molar-refractivity contribution in [3.05, 3.63) is 88.2 Å². The quantitative estimate of drug-likeness (QED) is 0.205. The third kappa shape index (κ3) is 8.96. The van der Waals surface area contributed by atoms with Gasteiger partial charge in [-0.05, 0) is 81.0 Å². The highest BCUT2D eigenvalue weighted by molar-refractivity contribution is 6.32. The number of aliphatic hydroxyl groups excluding tert-OH is 2. The monoisotopic (exact) mass is 705 g/mol. The van der Waals surface area contributed by atoms with Gasteiger partial charge in [-0.25, -0.2) is 0 Å². The van der Waals surface area contributed by atoms with Crippen LogP contribution in [0.5, 0.6) is 11.5 Å². The van der Waals surface area contributed by atoms with E-state index in [2.05, 4.69) is 76.5 Å². The number of benzene rings is 2. The van der Waals surface area contributed by atoms with E-state index in [4.69, 9.17) is 25.8 Å². The maximum atomic E-state index is 10.2. The van der Waals surface area contributed by atoms with Gasteiger partial charge in [-0.3, -0.25) is 14.5 Å². The number of aliphatic hydroxyl groups is 2. The summed E-state index contributed by atoms with van der Waals surface area (Å²) in [6, 6.07) is 12.2. The van der Waals surface area contributed by atoms with Crippen LogP contribution in [0.1, 0.15) is 61.4 Å². The van der Waals surface area contributed by atoms with E-state index in [1.54, 1.807) is 7.11 Å². The number of ether oxygens (including phenoxy) is 3. The molecule has 1 aromatic heterocycles. The summed E-state index contributed by atoms with van der Waals surface area (Å²) < 4.78 is 21.1. The van der Waals surface area contributed by atoms with Crippen LogP contribution in [0.4, 0.5) is 0 Å². The van der Waals surface area contributed by atoms with E-state index in [1.165, 1.54) is 16.7 Å². The summed E-state index contributed by atoms with van der Waals surface area (Å²) in [6.07, 6.45) is 12.2. The molecule has 0 bridgehead atoms. The molecule has 10 nitrogen and oxygen atoms in total. The van der Waals surface area contributed by atoms with Crippen LogP contribution in [-0.4, -0.2) is 99.3 Å². The Labute approximate surface area is 301 Å². The van der Waals surface area contributed by atoms with Crippen molar-refractivity contribution in [3.8, 4) is 11.5 Å². The molecule has 1 aliphatic carbocycles. The number of aryl methyl sites for hydroxylation is 2. The predicted molar refractivity (Wildman–Crippen MR) is 195 cm³/mol. The van der Waals surface area contributed by atoms with Crippen molar-refractivity contribution in [2.75, 3.05) is 46.5 Å². The molecule has 270 valence electrons. The minimum absolute atomic E-state index is 0.0167. The Bertz CT molecular complexity index is 1640. The summed E-state index contributed by atoms with van der Waals surface area (Å²) in [4.78, 5) is 4.47. The van der Waals surface area contributed by atoms with E-state index in [9.17, 15) is 10.2 Å². The smallest absolute Gasteiger partial charge is 0.141 e. The van der Waals surface area contributed by atoms with Gasteiger partial charge in [0, 0.05) is 63.1 Å². The number of allylic oxidation sites excluding steroid dienone is 2. The van der Waals surface area contributed by atoms with Crippen molar-refractivity contribution in [1.29, 1.82) is 0 Å². The summed E-state index contributed by atoms with van der Waals surface area (Å²) in [5.74, 6) is 1.23. The van der Waals surface area contributed by atoms with Gasteiger partial charge < -0.3 is 24.4 Å². The van der Waals surface area contributed by atoms with Gasteiger partial charge in [0.2, 0.25) is 0 Å². The van der Waals surface area contributed by atoms with Gasteiger partial charge in [0.1, 0.15) is 23.7 Å². The van der Waals surface area contributed by atoms with Crippen molar-refractivity contribution in [2.24, 2.45) is 5.92 Å². The molecule has 0 spiro atoms. The number of methoxy groups -OCH3 is 1. The SMILES string of the molecule is COc1cc(OCC2(OCCCn3cc(CN4CCC[C@@H](O)C4)nn3)C=CC=C(c3ccccc3C)C2C)c(Cl)cc1CN1CCC[C@@H](O)C1. The number of halogens is 1. The molecule has 2 aliphatic heterocycles. The second-order valence-corrected chi connectivity index (χ2v) is 14.5. The first kappa shape index (κ1) is 36.5. The van der Waals surface area contributed by atoms with Gasteiger partial charge >= 0.3 is 0 Å². The summed E-state index contributed by atoms with van der Waals surface area (Å²) in [5.41, 5.74) is 4.72. The highest BCUT2D eigenvalue weighted by Gasteiger charge is 2.40. The molecule has 2 aromatic carbocycles. The van der Waals surface area contributed by atoms with Crippen LogP contribution in [0, 0.1) is 12.8 Å². The third-order valence-corrected chi connectivity index (χ3v) is 10.6. The van der Waals surface area contributed by atoms with Crippen LogP contribution in [0.25, 0.3) is 5.57 Å². The molecule has 0 radical (unpaired) electrons. The lowest BCUT2D eigenvalue weighted by molar-refractivity contribution is -0.0613. The van der Waals surface area contributed by atoms with Crippen molar-refractivity contribution < 1.29 is 24.4 Å². The lowest BCUT2D eigenvalue weighted by atomic mass is 9.76. The Morgan fingerprint density at radius 1 is 1.00 bits per heavy atom. The first-order chi connectivity index (χ1) is 24.2. The normalized spacial score (nSPS) is 24.7. The van der Waals surface area contributed by atoms with Gasteiger partial charge in [0.15, 0.2) is 0 Å². The molecule has 6 rings (SSSR count). The first-order valence-corrected chi connectivity index (χ1v) is 18.4. The highest BCUT2D eigenvalue weighted by Crippen LogP contribution is 2.41. The summed E-state index contributed by atoms with van der Waals surface area (Å²) >= 11 is 6.87. The van der Waals surface area contributed by atoms with Crippen molar-refractivity contribution in [3.63, 3.8) is 0 Å². The number of hydrogen-bond donors (Lipinski definition) is 2. The summed E-state index contributed by atoms with van der Waals surface area (Å²) in [6.45, 7) is 10.3. The fraction of sp³-hybridized carbons (Fsp3) is 0.538. The minimum atomic E-state index is -0.756. The first-order valence-electron chi connectivity index (χ1n) is 18.0. The van der Waals surface area contributed by atoms with E-state index < -0.39 is 5.60 Å². The number of hydrogen-bond acceptors (Lipinski definition) is 9. The van der Waals surface area contributed by atoms with Crippen molar-refractivity contribution in [1.82, 2.24) is 24.8 Å². The van der Waals surface area contributed by atoms with Crippen LogP contribution in [0.2, 0.25) is 5.02 Å². The van der Waals surface area contributed by atoms with Gasteiger partial charge in [-0.15, -0.1) is 5.10 Å². The molecule has 3 aromatic rings. The standard InChI is InChI=1S/C39H52ClN5O5/c1-28-10-4-5-13-34(28)35-14-6-15-39(29(35)2,50-19-9-18-45-24-31(41-42-45)23-44-17-8-12-33(47)26-44)27-49-38-21-37(48-3)30(20-36(38)40)22-43-16-7-11-32(46)25-43/h4-6,10,13-15,20-21,24,29,32-33,46-47H,7-9,11-12,16-19,22-23,25-27H2,1-3H3/t29?,32-,33-,39?/m1/s1. The molecule has 0 amide bonds. The minimum Gasteiger partial charge on any atom is -0.496 e. The number of β-amino-alcohol motifs (C(OH)–C–C–N with tert-alkyl or cyclic N) is 2. The summed E-state index contributed by atoms with van der Waals surface area (Å²) in [7, 11) is 1.66. The van der Waals surface area contributed by atoms with Crippen molar-refractivity contribution >= 4 is 17.2 Å². The number of piperidine rings is 2. The van der Waals surface area contributed by atoms with Gasteiger partial charge in [0.05, 0.1) is 30.0 Å². The van der Waals surface area contributed by atoms with Gasteiger partial charge in [-0.2, -0.15) is 0 Å². The number of rotatable bonds is 14. The average Bonchev–Trinajstić information content (AvgIpc) is 3.54. The van der Waals surface area contributed by atoms with Crippen LogP contribution >= 0.6 is 11.6 Å². The maximum absolute atomic E-state index is 10.2. The lowest BCUT2D eigenvalue weighted by Gasteiger charge is -2.40. The molecule has 50 heavy (non-hydrogen) atoms. The molecular formula is C39H52ClN5O5. The summed E-state index contributed by atoms with van der Waals surface area (Å²) in [5, 5.41) is 29.5. The average molecular weight is 706 g/mol. The zero-order valence-electron chi connectivity index (χ0n) is 29.6. The van der Waals surface area contributed by atoms with E-state index >= 15 is 0 Å². The molecule has 3 heterocycles. The lowest BCUT2D eigenvalue weighted by Crippen LogP contribution is -2.45. The molecular weight excluding hydrogens is 654 g/mol. The molecule has 4 atom stereocenters. The van der Waals surface area contributed by atoms with Crippen LogP contribution < -0.4 is 9.47 Å². The zero-order valence-corrected chi connectivity index (χ0v) is 30.4. The van der Waals surface area contributed by atoms with Gasteiger partial charge in [-0.1, -0.05) is 60.2 Å². The zero-order chi connectivity index (χ0) is 35.1. The van der Waals surface area contributed by atoms with E-state index in [-0.39, 0.29) is 24.7 Å². The number of likely N-dealkylation sites (tertiary alicyclic amines) is 2. The highest BCUT2D eigenvalue weighted by atomic mass is 35.5. The van der Waals surface area contributed by atoms with Crippen LogP contribution in [0.15, 0.2) is 60.8 Å². The Balaban J connectivity index is 1.14. The molecule has 2 N–H and O–H groups in total. The molecule has 2 saturated heterocycles. The second kappa shape index (κ2) is 16.8. The number of nitrogens with zero attached hydrogens (tertiary/aromatic N) is 5. The van der Waals surface area contributed by atoms with Crippen LogP contribution in [-0.2, 0) is 24.4 Å². The van der Waals surface area contributed by atoms with E-state index in [1.807, 2.05) is 23.0 Å². The molecule has 0 saturated carbocycles. The van der Waals surface area contributed by atoms with Crippen LogP contribution in [0.3, 0.4) is 0 Å².